The monoisotopic (exact) mass is 292 g/mol. The van der Waals surface area contributed by atoms with Crippen LogP contribution < -0.4 is 5.32 Å². The van der Waals surface area contributed by atoms with Crippen LogP contribution in [0.3, 0.4) is 0 Å². The molecule has 0 saturated carbocycles. The summed E-state index contributed by atoms with van der Waals surface area (Å²) in [5.74, 6) is 1.01. The van der Waals surface area contributed by atoms with Crippen molar-refractivity contribution in [3.8, 4) is 11.3 Å². The highest BCUT2D eigenvalue weighted by molar-refractivity contribution is 7.97. The largest absolute Gasteiger partial charge is 0.317 e. The third-order valence-electron chi connectivity index (χ3n) is 2.84. The minimum Gasteiger partial charge on any atom is -0.317 e. The number of thioether (sulfide) groups is 1. The van der Waals surface area contributed by atoms with Crippen molar-refractivity contribution in [2.75, 3.05) is 19.3 Å². The summed E-state index contributed by atoms with van der Waals surface area (Å²) >= 11 is 3.69. The zero-order valence-electron chi connectivity index (χ0n) is 11.5. The van der Waals surface area contributed by atoms with Gasteiger partial charge in [-0.3, -0.25) is 0 Å². The molecule has 0 amide bonds. The minimum absolute atomic E-state index is 1.01. The van der Waals surface area contributed by atoms with Crippen LogP contribution >= 0.6 is 23.1 Å². The Balaban J connectivity index is 2.23. The summed E-state index contributed by atoms with van der Waals surface area (Å²) in [7, 11) is 0. The van der Waals surface area contributed by atoms with E-state index < -0.39 is 0 Å². The Kier molecular flexibility index (Phi) is 5.89. The number of benzene rings is 1. The Bertz CT molecular complexity index is 494. The van der Waals surface area contributed by atoms with Gasteiger partial charge in [0.05, 0.1) is 5.69 Å². The van der Waals surface area contributed by atoms with Crippen molar-refractivity contribution in [1.29, 1.82) is 0 Å². The molecule has 0 bridgehead atoms. The van der Waals surface area contributed by atoms with Crippen LogP contribution in [0.2, 0.25) is 0 Å². The van der Waals surface area contributed by atoms with Crippen LogP contribution in [0.25, 0.3) is 11.3 Å². The fourth-order valence-electron chi connectivity index (χ4n) is 1.96. The van der Waals surface area contributed by atoms with Crippen molar-refractivity contribution < 1.29 is 0 Å². The third-order valence-corrected chi connectivity index (χ3v) is 4.70. The summed E-state index contributed by atoms with van der Waals surface area (Å²) in [6.07, 6.45) is 3.19. The maximum atomic E-state index is 4.82. The smallest absolute Gasteiger partial charge is 0.103 e. The predicted molar refractivity (Wildman–Crippen MR) is 87.0 cm³/mol. The summed E-state index contributed by atoms with van der Waals surface area (Å²) in [5.41, 5.74) is 2.41. The summed E-state index contributed by atoms with van der Waals surface area (Å²) in [4.78, 5) is 6.22. The summed E-state index contributed by atoms with van der Waals surface area (Å²) < 4.78 is 0. The molecule has 4 heteroatoms. The Morgan fingerprint density at radius 2 is 2.05 bits per heavy atom. The van der Waals surface area contributed by atoms with Gasteiger partial charge in [-0.1, -0.05) is 37.3 Å². The molecule has 0 aliphatic heterocycles. The van der Waals surface area contributed by atoms with Crippen molar-refractivity contribution in [2.24, 2.45) is 0 Å². The minimum atomic E-state index is 1.01. The lowest BCUT2D eigenvalue weighted by Crippen LogP contribution is -2.15. The van der Waals surface area contributed by atoms with E-state index >= 15 is 0 Å². The number of likely N-dealkylation sites (N-methyl/N-ethyl adjacent to an activating group) is 1. The average Bonchev–Trinajstić information content (AvgIpc) is 2.84. The number of hydrogen-bond donors (Lipinski definition) is 1. The molecule has 102 valence electrons. The van der Waals surface area contributed by atoms with Crippen LogP contribution in [-0.2, 0) is 12.2 Å². The highest BCUT2D eigenvalue weighted by Gasteiger charge is 2.12. The molecule has 0 unspecified atom stereocenters. The van der Waals surface area contributed by atoms with Gasteiger partial charge in [-0.25, -0.2) is 4.98 Å². The molecule has 2 rings (SSSR count). The van der Waals surface area contributed by atoms with Gasteiger partial charge >= 0.3 is 0 Å². The maximum absolute atomic E-state index is 4.82. The number of thiazole rings is 1. The van der Waals surface area contributed by atoms with E-state index in [4.69, 9.17) is 4.98 Å². The van der Waals surface area contributed by atoms with Crippen LogP contribution in [-0.4, -0.2) is 24.3 Å². The molecular formula is C15H20N2S2. The maximum Gasteiger partial charge on any atom is 0.103 e. The zero-order chi connectivity index (χ0) is 13.5. The third kappa shape index (κ3) is 4.06. The van der Waals surface area contributed by atoms with Gasteiger partial charge in [-0.15, -0.1) is 11.3 Å². The van der Waals surface area contributed by atoms with E-state index in [0.717, 1.165) is 25.3 Å². The molecular weight excluding hydrogens is 272 g/mol. The quantitative estimate of drug-likeness (QED) is 0.785. The second kappa shape index (κ2) is 7.68. The van der Waals surface area contributed by atoms with E-state index in [9.17, 15) is 0 Å². The van der Waals surface area contributed by atoms with Gasteiger partial charge in [0.15, 0.2) is 0 Å². The molecule has 1 heterocycles. The van der Waals surface area contributed by atoms with E-state index in [1.807, 2.05) is 23.1 Å². The number of rotatable bonds is 7. The molecule has 19 heavy (non-hydrogen) atoms. The van der Waals surface area contributed by atoms with E-state index in [0.29, 0.717) is 0 Å². The summed E-state index contributed by atoms with van der Waals surface area (Å²) in [6.45, 7) is 4.19. The number of hydrogen-bond acceptors (Lipinski definition) is 4. The van der Waals surface area contributed by atoms with Crippen LogP contribution in [0.4, 0.5) is 0 Å². The van der Waals surface area contributed by atoms with Crippen LogP contribution in [0.5, 0.6) is 0 Å². The van der Waals surface area contributed by atoms with Gasteiger partial charge in [0.2, 0.25) is 0 Å². The van der Waals surface area contributed by atoms with E-state index in [-0.39, 0.29) is 0 Å². The highest BCUT2D eigenvalue weighted by Crippen LogP contribution is 2.30. The Morgan fingerprint density at radius 1 is 1.26 bits per heavy atom. The van der Waals surface area contributed by atoms with Gasteiger partial charge in [0.25, 0.3) is 0 Å². The Hall–Kier alpha value is -0.840. The molecule has 0 spiro atoms. The second-order valence-corrected chi connectivity index (χ2v) is 6.32. The lowest BCUT2D eigenvalue weighted by atomic mass is 10.1. The van der Waals surface area contributed by atoms with Gasteiger partial charge in [0, 0.05) is 22.7 Å². The van der Waals surface area contributed by atoms with Crippen molar-refractivity contribution in [1.82, 2.24) is 10.3 Å². The zero-order valence-corrected chi connectivity index (χ0v) is 13.1. The molecule has 1 aromatic heterocycles. The van der Waals surface area contributed by atoms with Gasteiger partial charge < -0.3 is 5.32 Å². The van der Waals surface area contributed by atoms with Crippen molar-refractivity contribution in [3.63, 3.8) is 0 Å². The number of nitrogens with zero attached hydrogens (tertiary/aromatic N) is 1. The lowest BCUT2D eigenvalue weighted by molar-refractivity contribution is 0.721. The Labute approximate surface area is 123 Å². The van der Waals surface area contributed by atoms with Crippen molar-refractivity contribution >= 4 is 23.1 Å². The molecule has 0 radical (unpaired) electrons. The molecule has 0 fully saturated rings. The predicted octanol–water partition coefficient (Wildman–Crippen LogP) is 3.83. The first-order valence-corrected chi connectivity index (χ1v) is 8.79. The van der Waals surface area contributed by atoms with Crippen LogP contribution in [0, 0.1) is 0 Å². The summed E-state index contributed by atoms with van der Waals surface area (Å²) in [5, 5.41) is 4.62. The molecule has 1 N–H and O–H groups in total. The average molecular weight is 292 g/mol. The topological polar surface area (TPSA) is 24.9 Å². The lowest BCUT2D eigenvalue weighted by Gasteiger charge is -2.03. The second-order valence-electron chi connectivity index (χ2n) is 4.28. The first kappa shape index (κ1) is 14.6. The van der Waals surface area contributed by atoms with Crippen molar-refractivity contribution in [2.45, 2.75) is 19.1 Å². The Morgan fingerprint density at radius 3 is 2.74 bits per heavy atom. The molecule has 2 aromatic rings. The van der Waals surface area contributed by atoms with E-state index in [2.05, 4.69) is 48.8 Å². The van der Waals surface area contributed by atoms with Gasteiger partial charge in [-0.2, -0.15) is 11.8 Å². The van der Waals surface area contributed by atoms with E-state index in [1.54, 1.807) is 0 Å². The molecule has 0 saturated heterocycles. The van der Waals surface area contributed by atoms with Crippen molar-refractivity contribution in [3.05, 3.63) is 40.2 Å². The van der Waals surface area contributed by atoms with E-state index in [1.165, 1.54) is 21.1 Å². The molecule has 0 atom stereocenters. The fourth-order valence-corrected chi connectivity index (χ4v) is 3.74. The summed E-state index contributed by atoms with van der Waals surface area (Å²) in [6, 6.07) is 10.5. The first-order valence-electron chi connectivity index (χ1n) is 6.58. The molecule has 0 aliphatic carbocycles. The fraction of sp³-hybridized carbons (Fsp3) is 0.400. The first-order chi connectivity index (χ1) is 9.35. The molecule has 1 aromatic carbocycles. The SMILES string of the molecule is CCNCCc1sc(CSC)nc1-c1ccccc1. The highest BCUT2D eigenvalue weighted by atomic mass is 32.2. The van der Waals surface area contributed by atoms with Crippen LogP contribution in [0.15, 0.2) is 30.3 Å². The standard InChI is InChI=1S/C15H20N2S2/c1-3-16-10-9-13-15(12-7-5-4-6-8-12)17-14(19-13)11-18-2/h4-8,16H,3,9-11H2,1-2H3. The molecule has 0 aliphatic rings. The number of aromatic nitrogens is 1. The number of nitrogens with one attached hydrogen (secondary N) is 1. The van der Waals surface area contributed by atoms with Gasteiger partial charge in [0.1, 0.15) is 5.01 Å². The van der Waals surface area contributed by atoms with Gasteiger partial charge in [-0.05, 0) is 19.2 Å². The van der Waals surface area contributed by atoms with Crippen LogP contribution in [0.1, 0.15) is 16.8 Å². The molecule has 2 nitrogen and oxygen atoms in total. The normalized spacial score (nSPS) is 10.8.